The third-order valence-electron chi connectivity index (χ3n) is 10.9. The van der Waals surface area contributed by atoms with Gasteiger partial charge in [0.25, 0.3) is 0 Å². The van der Waals surface area contributed by atoms with Gasteiger partial charge in [-0.05, 0) is 5.92 Å². The maximum Gasteiger partial charge on any atom is -0.0414 e. The largest absolute Gasteiger partial charge is 0.0654 e. The van der Waals surface area contributed by atoms with Gasteiger partial charge in [0.1, 0.15) is 0 Å². The van der Waals surface area contributed by atoms with Gasteiger partial charge in [0.2, 0.25) is 0 Å². The van der Waals surface area contributed by atoms with Crippen LogP contribution in [0.1, 0.15) is 284 Å². The molecule has 0 saturated carbocycles. The Bertz CT molecular complexity index is 480. The zero-order chi connectivity index (χ0) is 32.6. The van der Waals surface area contributed by atoms with Crippen molar-refractivity contribution in [2.75, 3.05) is 0 Å². The molecular weight excluding hydrogens is 540 g/mol. The summed E-state index contributed by atoms with van der Waals surface area (Å²) in [6.45, 7) is 7.03. The third-order valence-corrected chi connectivity index (χ3v) is 10.9. The van der Waals surface area contributed by atoms with Crippen LogP contribution in [0.3, 0.4) is 0 Å². The second-order valence-corrected chi connectivity index (χ2v) is 15.6. The summed E-state index contributed by atoms with van der Waals surface area (Å²) in [6, 6.07) is 0. The van der Waals surface area contributed by atoms with Gasteiger partial charge in [0, 0.05) is 0 Å². The fourth-order valence-electron chi connectivity index (χ4n) is 7.69. The molecule has 45 heavy (non-hydrogen) atoms. The van der Waals surface area contributed by atoms with Gasteiger partial charge in [-0.25, -0.2) is 0 Å². The third kappa shape index (κ3) is 40.1. The molecule has 0 aliphatic carbocycles. The predicted octanol–water partition coefficient (Wildman–Crippen LogP) is 17.7. The van der Waals surface area contributed by atoms with E-state index in [1.54, 1.807) is 0 Å². The summed E-state index contributed by atoms with van der Waals surface area (Å²) in [5.74, 6) is 1.03. The Hall–Kier alpha value is 0. The Morgan fingerprint density at radius 1 is 0.178 bits per heavy atom. The molecule has 0 aromatic heterocycles. The van der Waals surface area contributed by atoms with Crippen LogP contribution >= 0.6 is 0 Å². The first kappa shape index (κ1) is 45.0. The van der Waals surface area contributed by atoms with Crippen molar-refractivity contribution in [2.24, 2.45) is 5.92 Å². The van der Waals surface area contributed by atoms with Gasteiger partial charge in [0.15, 0.2) is 0 Å². The second-order valence-electron chi connectivity index (χ2n) is 15.6. The average Bonchev–Trinajstić information content (AvgIpc) is 3.05. The Morgan fingerprint density at radius 3 is 0.533 bits per heavy atom. The van der Waals surface area contributed by atoms with E-state index in [1.807, 2.05) is 0 Å². The molecule has 0 radical (unpaired) electrons. The van der Waals surface area contributed by atoms with E-state index in [-0.39, 0.29) is 0 Å². The highest BCUT2D eigenvalue weighted by molar-refractivity contribution is 4.61. The average molecular weight is 633 g/mol. The van der Waals surface area contributed by atoms with Crippen LogP contribution in [0, 0.1) is 5.92 Å². The molecule has 0 heterocycles. The number of hydrogen-bond donors (Lipinski definition) is 0. The monoisotopic (exact) mass is 633 g/mol. The summed E-state index contributed by atoms with van der Waals surface area (Å²) < 4.78 is 0. The van der Waals surface area contributed by atoms with Crippen LogP contribution in [0.25, 0.3) is 0 Å². The van der Waals surface area contributed by atoms with Crippen LogP contribution in [0.2, 0.25) is 0 Å². The molecule has 1 unspecified atom stereocenters. The SMILES string of the molecule is CCCCCCCCCCCCCCCCCCCCCCCCC(CCC)CCCCCCCCCCCCCCCCC. The zero-order valence-corrected chi connectivity index (χ0v) is 32.6. The van der Waals surface area contributed by atoms with Crippen LogP contribution in [0.4, 0.5) is 0 Å². The molecule has 0 aliphatic heterocycles. The molecule has 0 bridgehead atoms. The lowest BCUT2D eigenvalue weighted by molar-refractivity contribution is 0.376. The summed E-state index contributed by atoms with van der Waals surface area (Å²) in [6.07, 6.45) is 60.8. The smallest absolute Gasteiger partial charge is 0.0414 e. The molecule has 0 fully saturated rings. The van der Waals surface area contributed by atoms with Gasteiger partial charge in [0.05, 0.1) is 0 Å². The topological polar surface area (TPSA) is 0 Å². The van der Waals surface area contributed by atoms with E-state index in [1.165, 1.54) is 263 Å². The van der Waals surface area contributed by atoms with Gasteiger partial charge in [-0.1, -0.05) is 284 Å². The maximum absolute atomic E-state index is 2.40. The first-order valence-electron chi connectivity index (χ1n) is 22.3. The van der Waals surface area contributed by atoms with Crippen molar-refractivity contribution in [1.82, 2.24) is 0 Å². The molecule has 0 aromatic carbocycles. The van der Waals surface area contributed by atoms with Crippen molar-refractivity contribution in [1.29, 1.82) is 0 Å². The molecule has 0 aromatic rings. The van der Waals surface area contributed by atoms with Gasteiger partial charge >= 0.3 is 0 Å². The minimum absolute atomic E-state index is 1.03. The zero-order valence-electron chi connectivity index (χ0n) is 32.6. The van der Waals surface area contributed by atoms with Crippen molar-refractivity contribution < 1.29 is 0 Å². The fraction of sp³-hybridized carbons (Fsp3) is 1.00. The lowest BCUT2D eigenvalue weighted by Gasteiger charge is -2.16. The van der Waals surface area contributed by atoms with Crippen LogP contribution in [0.15, 0.2) is 0 Å². The van der Waals surface area contributed by atoms with Crippen LogP contribution < -0.4 is 0 Å². The molecular formula is C45H92. The maximum atomic E-state index is 2.40. The lowest BCUT2D eigenvalue weighted by Crippen LogP contribution is -2.00. The van der Waals surface area contributed by atoms with Crippen molar-refractivity contribution >= 4 is 0 Å². The normalized spacial score (nSPS) is 12.3. The molecule has 1 atom stereocenters. The predicted molar refractivity (Wildman–Crippen MR) is 210 cm³/mol. The minimum atomic E-state index is 1.03. The van der Waals surface area contributed by atoms with Gasteiger partial charge in [-0.2, -0.15) is 0 Å². The second kappa shape index (κ2) is 42.0. The van der Waals surface area contributed by atoms with Crippen LogP contribution in [0.5, 0.6) is 0 Å². The summed E-state index contributed by atoms with van der Waals surface area (Å²) in [5, 5.41) is 0. The molecule has 0 spiro atoms. The molecule has 0 heteroatoms. The summed E-state index contributed by atoms with van der Waals surface area (Å²) in [5.41, 5.74) is 0. The van der Waals surface area contributed by atoms with E-state index in [4.69, 9.17) is 0 Å². The standard InChI is InChI=1S/C45H92/c1-4-7-9-11-13-15-17-19-21-22-23-24-25-26-27-29-31-33-35-37-39-41-44-45(42-6-3)43-40-38-36-34-32-30-28-20-18-16-14-12-10-8-5-2/h45H,4-44H2,1-3H3. The fourth-order valence-corrected chi connectivity index (χ4v) is 7.69. The van der Waals surface area contributed by atoms with Crippen molar-refractivity contribution in [2.45, 2.75) is 284 Å². The molecule has 272 valence electrons. The number of hydrogen-bond acceptors (Lipinski definition) is 0. The summed E-state index contributed by atoms with van der Waals surface area (Å²) in [7, 11) is 0. The number of rotatable bonds is 41. The van der Waals surface area contributed by atoms with E-state index >= 15 is 0 Å². The van der Waals surface area contributed by atoms with Crippen molar-refractivity contribution in [3.05, 3.63) is 0 Å². The Balaban J connectivity index is 3.32. The Kier molecular flexibility index (Phi) is 42.0. The van der Waals surface area contributed by atoms with E-state index in [9.17, 15) is 0 Å². The number of unbranched alkanes of at least 4 members (excludes halogenated alkanes) is 35. The van der Waals surface area contributed by atoms with E-state index in [0.29, 0.717) is 0 Å². The van der Waals surface area contributed by atoms with E-state index in [2.05, 4.69) is 20.8 Å². The highest BCUT2D eigenvalue weighted by Crippen LogP contribution is 2.24. The van der Waals surface area contributed by atoms with Crippen LogP contribution in [-0.2, 0) is 0 Å². The van der Waals surface area contributed by atoms with Crippen molar-refractivity contribution in [3.8, 4) is 0 Å². The highest BCUT2D eigenvalue weighted by atomic mass is 14.1. The Morgan fingerprint density at radius 2 is 0.356 bits per heavy atom. The molecule has 0 saturated heterocycles. The lowest BCUT2D eigenvalue weighted by atomic mass is 9.90. The quantitative estimate of drug-likeness (QED) is 0.0588. The van der Waals surface area contributed by atoms with E-state index < -0.39 is 0 Å². The summed E-state index contributed by atoms with van der Waals surface area (Å²) in [4.78, 5) is 0. The Labute approximate surface area is 289 Å². The molecule has 0 amide bonds. The molecule has 0 nitrogen and oxygen atoms in total. The van der Waals surface area contributed by atoms with Crippen molar-refractivity contribution in [3.63, 3.8) is 0 Å². The van der Waals surface area contributed by atoms with Gasteiger partial charge in [-0.3, -0.25) is 0 Å². The van der Waals surface area contributed by atoms with Gasteiger partial charge in [-0.15, -0.1) is 0 Å². The van der Waals surface area contributed by atoms with E-state index in [0.717, 1.165) is 5.92 Å². The molecule has 0 rings (SSSR count). The summed E-state index contributed by atoms with van der Waals surface area (Å²) >= 11 is 0. The highest BCUT2D eigenvalue weighted by Gasteiger charge is 2.07. The molecule has 0 N–H and O–H groups in total. The molecule has 0 aliphatic rings. The first-order chi connectivity index (χ1) is 22.3. The minimum Gasteiger partial charge on any atom is -0.0654 e. The van der Waals surface area contributed by atoms with Gasteiger partial charge < -0.3 is 0 Å². The first-order valence-corrected chi connectivity index (χ1v) is 22.3. The van der Waals surface area contributed by atoms with Crippen LogP contribution in [-0.4, -0.2) is 0 Å².